The first kappa shape index (κ1) is 15.9. The lowest BCUT2D eigenvalue weighted by atomic mass is 10.0. The number of carbonyl (C=O) groups excluding carboxylic acids is 1. The molecule has 0 spiro atoms. The molecule has 1 amide bonds. The van der Waals surface area contributed by atoms with Crippen molar-refractivity contribution in [2.24, 2.45) is 0 Å². The highest BCUT2D eigenvalue weighted by Crippen LogP contribution is 2.36. The molecule has 3 heterocycles. The molecule has 0 fully saturated rings. The molecule has 0 radical (unpaired) electrons. The molecule has 4 rings (SSSR count). The van der Waals surface area contributed by atoms with Gasteiger partial charge in [-0.3, -0.25) is 4.79 Å². The zero-order valence-electron chi connectivity index (χ0n) is 12.8. The molecule has 122 valence electrons. The van der Waals surface area contributed by atoms with Gasteiger partial charge in [-0.25, -0.2) is 9.97 Å². The summed E-state index contributed by atoms with van der Waals surface area (Å²) >= 11 is 4.92. The molecular formula is C17H15N3OS3. The van der Waals surface area contributed by atoms with Crippen LogP contribution in [0.5, 0.6) is 0 Å². The van der Waals surface area contributed by atoms with Crippen LogP contribution in [0.4, 0.5) is 0 Å². The van der Waals surface area contributed by atoms with Gasteiger partial charge in [-0.05, 0) is 29.5 Å². The summed E-state index contributed by atoms with van der Waals surface area (Å²) in [4.78, 5) is 23.2. The van der Waals surface area contributed by atoms with E-state index in [1.807, 2.05) is 35.3 Å². The van der Waals surface area contributed by atoms with Gasteiger partial charge < -0.3 is 5.32 Å². The summed E-state index contributed by atoms with van der Waals surface area (Å²) in [7, 11) is 0. The third kappa shape index (κ3) is 3.29. The van der Waals surface area contributed by atoms with Crippen LogP contribution in [0.25, 0.3) is 10.2 Å². The van der Waals surface area contributed by atoms with E-state index in [4.69, 9.17) is 0 Å². The summed E-state index contributed by atoms with van der Waals surface area (Å²) in [6.45, 7) is 0. The SMILES string of the molecule is O=C(CSc1ncnc2sccc12)NC1CCSc2ccccc21. The molecule has 7 heteroatoms. The van der Waals surface area contributed by atoms with E-state index in [-0.39, 0.29) is 11.9 Å². The van der Waals surface area contributed by atoms with Gasteiger partial charge in [0.2, 0.25) is 5.91 Å². The van der Waals surface area contributed by atoms with Crippen molar-refractivity contribution in [2.45, 2.75) is 22.4 Å². The molecule has 1 aromatic carbocycles. The zero-order valence-corrected chi connectivity index (χ0v) is 15.2. The molecule has 24 heavy (non-hydrogen) atoms. The fourth-order valence-corrected chi connectivity index (χ4v) is 5.46. The molecule has 2 aromatic heterocycles. The van der Waals surface area contributed by atoms with E-state index in [1.165, 1.54) is 22.2 Å². The molecule has 0 bridgehead atoms. The Labute approximate surface area is 152 Å². The fraction of sp³-hybridized carbons (Fsp3) is 0.235. The first-order valence-corrected chi connectivity index (χ1v) is 10.5. The molecule has 3 aromatic rings. The van der Waals surface area contributed by atoms with Crippen LogP contribution in [0.2, 0.25) is 0 Å². The van der Waals surface area contributed by atoms with E-state index in [9.17, 15) is 4.79 Å². The molecule has 1 aliphatic heterocycles. The molecule has 1 atom stereocenters. The maximum atomic E-state index is 12.4. The van der Waals surface area contributed by atoms with Gasteiger partial charge in [0.1, 0.15) is 16.2 Å². The summed E-state index contributed by atoms with van der Waals surface area (Å²) in [5.74, 6) is 1.46. The van der Waals surface area contributed by atoms with Crippen LogP contribution in [0, 0.1) is 0 Å². The number of thiophene rings is 1. The van der Waals surface area contributed by atoms with E-state index in [1.54, 1.807) is 17.7 Å². The second kappa shape index (κ2) is 7.13. The summed E-state index contributed by atoms with van der Waals surface area (Å²) in [5.41, 5.74) is 1.23. The fourth-order valence-electron chi connectivity index (χ4n) is 2.74. The number of benzene rings is 1. The van der Waals surface area contributed by atoms with E-state index in [0.717, 1.165) is 27.4 Å². The molecule has 1 unspecified atom stereocenters. The Bertz CT molecular complexity index is 880. The van der Waals surface area contributed by atoms with Crippen molar-refractivity contribution in [1.82, 2.24) is 15.3 Å². The molecule has 1 aliphatic rings. The van der Waals surface area contributed by atoms with Crippen LogP contribution in [-0.4, -0.2) is 27.4 Å². The van der Waals surface area contributed by atoms with Crippen molar-refractivity contribution >= 4 is 51.0 Å². The van der Waals surface area contributed by atoms with E-state index >= 15 is 0 Å². The maximum absolute atomic E-state index is 12.4. The van der Waals surface area contributed by atoms with Crippen molar-refractivity contribution in [3.05, 3.63) is 47.6 Å². The van der Waals surface area contributed by atoms with E-state index < -0.39 is 0 Å². The third-order valence-corrected chi connectivity index (χ3v) is 6.81. The van der Waals surface area contributed by atoms with Crippen LogP contribution in [0.3, 0.4) is 0 Å². The second-order valence-electron chi connectivity index (χ2n) is 5.40. The Kier molecular flexibility index (Phi) is 4.73. The third-order valence-electron chi connectivity index (χ3n) is 3.86. The van der Waals surface area contributed by atoms with Crippen molar-refractivity contribution in [1.29, 1.82) is 0 Å². The van der Waals surface area contributed by atoms with Crippen molar-refractivity contribution in [3.63, 3.8) is 0 Å². The van der Waals surface area contributed by atoms with Crippen LogP contribution in [0.15, 0.2) is 52.0 Å². The predicted octanol–water partition coefficient (Wildman–Crippen LogP) is 4.14. The number of carbonyl (C=O) groups is 1. The van der Waals surface area contributed by atoms with Gasteiger partial charge in [-0.1, -0.05) is 30.0 Å². The van der Waals surface area contributed by atoms with E-state index in [0.29, 0.717) is 5.75 Å². The second-order valence-corrected chi connectivity index (χ2v) is 8.40. The number of rotatable bonds is 4. The van der Waals surface area contributed by atoms with Crippen LogP contribution >= 0.6 is 34.9 Å². The average Bonchev–Trinajstić information content (AvgIpc) is 3.09. The number of nitrogens with zero attached hydrogens (tertiary/aromatic N) is 2. The summed E-state index contributed by atoms with van der Waals surface area (Å²) in [6.07, 6.45) is 2.54. The first-order valence-electron chi connectivity index (χ1n) is 7.63. The van der Waals surface area contributed by atoms with Crippen molar-refractivity contribution < 1.29 is 4.79 Å². The molecule has 0 saturated heterocycles. The largest absolute Gasteiger partial charge is 0.349 e. The van der Waals surface area contributed by atoms with E-state index in [2.05, 4.69) is 27.4 Å². The van der Waals surface area contributed by atoms with Crippen molar-refractivity contribution in [3.8, 4) is 0 Å². The Morgan fingerprint density at radius 2 is 2.21 bits per heavy atom. The van der Waals surface area contributed by atoms with Gasteiger partial charge in [0.05, 0.1) is 11.8 Å². The highest BCUT2D eigenvalue weighted by atomic mass is 32.2. The van der Waals surface area contributed by atoms with Crippen LogP contribution in [-0.2, 0) is 4.79 Å². The quantitative estimate of drug-likeness (QED) is 0.550. The monoisotopic (exact) mass is 373 g/mol. The van der Waals surface area contributed by atoms with Gasteiger partial charge in [-0.2, -0.15) is 0 Å². The Hall–Kier alpha value is -1.57. The zero-order chi connectivity index (χ0) is 16.4. The lowest BCUT2D eigenvalue weighted by Crippen LogP contribution is -2.31. The van der Waals surface area contributed by atoms with Crippen LogP contribution < -0.4 is 5.32 Å². The number of thioether (sulfide) groups is 2. The molecule has 1 N–H and O–H groups in total. The first-order chi connectivity index (χ1) is 11.8. The minimum Gasteiger partial charge on any atom is -0.349 e. The number of amides is 1. The topological polar surface area (TPSA) is 54.9 Å². The van der Waals surface area contributed by atoms with Gasteiger partial charge in [0, 0.05) is 16.0 Å². The minimum atomic E-state index is 0.0497. The number of hydrogen-bond donors (Lipinski definition) is 1. The highest BCUT2D eigenvalue weighted by Gasteiger charge is 2.22. The summed E-state index contributed by atoms with van der Waals surface area (Å²) in [5, 5.41) is 7.07. The normalized spacial score (nSPS) is 16.8. The lowest BCUT2D eigenvalue weighted by Gasteiger charge is -2.25. The predicted molar refractivity (Wildman–Crippen MR) is 101 cm³/mol. The average molecular weight is 374 g/mol. The molecule has 0 saturated carbocycles. The summed E-state index contributed by atoms with van der Waals surface area (Å²) in [6, 6.07) is 10.4. The molecule has 4 nitrogen and oxygen atoms in total. The molecular weight excluding hydrogens is 358 g/mol. The Morgan fingerprint density at radius 3 is 3.17 bits per heavy atom. The van der Waals surface area contributed by atoms with Crippen molar-refractivity contribution in [2.75, 3.05) is 11.5 Å². The van der Waals surface area contributed by atoms with Gasteiger partial charge >= 0.3 is 0 Å². The molecule has 0 aliphatic carbocycles. The van der Waals surface area contributed by atoms with Crippen LogP contribution in [0.1, 0.15) is 18.0 Å². The smallest absolute Gasteiger partial charge is 0.230 e. The maximum Gasteiger partial charge on any atom is 0.230 e. The number of nitrogens with one attached hydrogen (secondary N) is 1. The summed E-state index contributed by atoms with van der Waals surface area (Å²) < 4.78 is 0. The number of fused-ring (bicyclic) bond motifs is 2. The number of aromatic nitrogens is 2. The highest BCUT2D eigenvalue weighted by molar-refractivity contribution is 8.00. The van der Waals surface area contributed by atoms with Gasteiger partial charge in [-0.15, -0.1) is 23.1 Å². The minimum absolute atomic E-state index is 0.0497. The van der Waals surface area contributed by atoms with Gasteiger partial charge in [0.15, 0.2) is 0 Å². The number of hydrogen-bond acceptors (Lipinski definition) is 6. The Morgan fingerprint density at radius 1 is 1.29 bits per heavy atom. The Balaban J connectivity index is 1.42. The van der Waals surface area contributed by atoms with Gasteiger partial charge in [0.25, 0.3) is 0 Å². The standard InChI is InChI=1S/C17H15N3OS3/c21-15(9-24-17-12-5-7-23-16(12)18-10-19-17)20-13-6-8-22-14-4-2-1-3-11(13)14/h1-5,7,10,13H,6,8-9H2,(H,20,21). The lowest BCUT2D eigenvalue weighted by molar-refractivity contribution is -0.119.